The minimum Gasteiger partial charge on any atom is -0.351 e. The standard InChI is InChI=1S/C18H23FN4O2/c1-4-23(13(3)18-21-12(2)9-16(24)22-18)11-17(25)20-10-14-5-7-15(19)8-6-14/h5-9,13H,4,10-11H2,1-3H3,(H,20,25)(H,21,22,24)/t13-/m1/s1. The first kappa shape index (κ1) is 18.8. The van der Waals surface area contributed by atoms with Gasteiger partial charge < -0.3 is 10.3 Å². The Kier molecular flexibility index (Phi) is 6.41. The monoisotopic (exact) mass is 346 g/mol. The van der Waals surface area contributed by atoms with Crippen molar-refractivity contribution in [2.75, 3.05) is 13.1 Å². The number of nitrogens with one attached hydrogen (secondary N) is 2. The van der Waals surface area contributed by atoms with Crippen molar-refractivity contribution in [3.63, 3.8) is 0 Å². The minimum atomic E-state index is -0.305. The summed E-state index contributed by atoms with van der Waals surface area (Å²) in [5.41, 5.74) is 1.27. The number of nitrogens with zero attached hydrogens (tertiary/aromatic N) is 2. The normalized spacial score (nSPS) is 12.2. The molecule has 0 saturated carbocycles. The van der Waals surface area contributed by atoms with E-state index in [0.717, 1.165) is 5.56 Å². The molecule has 2 rings (SSSR count). The Bertz CT molecular complexity index is 773. The van der Waals surface area contributed by atoms with Gasteiger partial charge in [0.05, 0.1) is 12.6 Å². The molecule has 2 N–H and O–H groups in total. The van der Waals surface area contributed by atoms with Crippen LogP contribution in [-0.4, -0.2) is 33.9 Å². The van der Waals surface area contributed by atoms with Crippen LogP contribution in [0.2, 0.25) is 0 Å². The molecule has 1 heterocycles. The number of carbonyl (C=O) groups is 1. The predicted octanol–water partition coefficient (Wildman–Crippen LogP) is 1.92. The number of aryl methyl sites for hydroxylation is 1. The lowest BCUT2D eigenvalue weighted by Crippen LogP contribution is -2.39. The van der Waals surface area contributed by atoms with Gasteiger partial charge in [-0.1, -0.05) is 19.1 Å². The van der Waals surface area contributed by atoms with E-state index in [1.165, 1.54) is 18.2 Å². The van der Waals surface area contributed by atoms with Gasteiger partial charge in [-0.05, 0) is 38.1 Å². The molecule has 0 bridgehead atoms. The number of halogens is 1. The van der Waals surface area contributed by atoms with Gasteiger partial charge in [0, 0.05) is 18.3 Å². The van der Waals surface area contributed by atoms with Crippen LogP contribution in [0.3, 0.4) is 0 Å². The first-order chi connectivity index (χ1) is 11.9. The largest absolute Gasteiger partial charge is 0.351 e. The molecule has 0 aliphatic heterocycles. The van der Waals surface area contributed by atoms with E-state index in [1.54, 1.807) is 19.1 Å². The zero-order valence-electron chi connectivity index (χ0n) is 14.7. The minimum absolute atomic E-state index is 0.145. The van der Waals surface area contributed by atoms with Gasteiger partial charge in [0.15, 0.2) is 0 Å². The molecule has 134 valence electrons. The summed E-state index contributed by atoms with van der Waals surface area (Å²) in [4.78, 5) is 32.8. The molecule has 1 aromatic heterocycles. The topological polar surface area (TPSA) is 78.1 Å². The van der Waals surface area contributed by atoms with Crippen LogP contribution in [-0.2, 0) is 11.3 Å². The lowest BCUT2D eigenvalue weighted by Gasteiger charge is -2.26. The summed E-state index contributed by atoms with van der Waals surface area (Å²) in [7, 11) is 0. The summed E-state index contributed by atoms with van der Waals surface area (Å²) < 4.78 is 12.9. The van der Waals surface area contributed by atoms with Gasteiger partial charge in [-0.3, -0.25) is 14.5 Å². The average molecular weight is 346 g/mol. The first-order valence-corrected chi connectivity index (χ1v) is 8.22. The summed E-state index contributed by atoms with van der Waals surface area (Å²) in [5.74, 6) is 0.0897. The van der Waals surface area contributed by atoms with E-state index in [2.05, 4.69) is 15.3 Å². The maximum absolute atomic E-state index is 12.9. The van der Waals surface area contributed by atoms with Crippen LogP contribution >= 0.6 is 0 Å². The SMILES string of the molecule is CCN(CC(=O)NCc1ccc(F)cc1)[C@H](C)c1nc(C)cc(=O)[nH]1. The van der Waals surface area contributed by atoms with Crippen molar-refractivity contribution in [3.8, 4) is 0 Å². The van der Waals surface area contributed by atoms with Crippen LogP contribution in [0, 0.1) is 12.7 Å². The number of hydrogen-bond acceptors (Lipinski definition) is 4. The molecular formula is C18H23FN4O2. The lowest BCUT2D eigenvalue weighted by atomic mass is 10.2. The number of carbonyl (C=O) groups excluding carboxylic acids is 1. The Morgan fingerprint density at radius 1 is 1.36 bits per heavy atom. The molecule has 1 aromatic carbocycles. The van der Waals surface area contributed by atoms with Crippen LogP contribution in [0.1, 0.15) is 37.0 Å². The van der Waals surface area contributed by atoms with E-state index in [1.807, 2.05) is 18.7 Å². The molecule has 2 aromatic rings. The Hall–Kier alpha value is -2.54. The Morgan fingerprint density at radius 3 is 2.64 bits per heavy atom. The van der Waals surface area contributed by atoms with Crippen molar-refractivity contribution in [1.29, 1.82) is 0 Å². The molecule has 6 nitrogen and oxygen atoms in total. The molecule has 0 aliphatic rings. The third-order valence-electron chi connectivity index (χ3n) is 3.99. The van der Waals surface area contributed by atoms with Crippen LogP contribution in [0.4, 0.5) is 4.39 Å². The molecule has 0 aliphatic carbocycles. The Morgan fingerprint density at radius 2 is 2.04 bits per heavy atom. The second-order valence-corrected chi connectivity index (χ2v) is 5.91. The summed E-state index contributed by atoms with van der Waals surface area (Å²) in [6.45, 7) is 6.74. The van der Waals surface area contributed by atoms with Gasteiger partial charge >= 0.3 is 0 Å². The van der Waals surface area contributed by atoms with Gasteiger partial charge in [-0.15, -0.1) is 0 Å². The number of aromatic amines is 1. The van der Waals surface area contributed by atoms with Gasteiger partial charge in [0.25, 0.3) is 5.56 Å². The first-order valence-electron chi connectivity index (χ1n) is 8.22. The van der Waals surface area contributed by atoms with E-state index < -0.39 is 0 Å². The second-order valence-electron chi connectivity index (χ2n) is 5.91. The highest BCUT2D eigenvalue weighted by atomic mass is 19.1. The van der Waals surface area contributed by atoms with Crippen molar-refractivity contribution >= 4 is 5.91 Å². The van der Waals surface area contributed by atoms with E-state index in [9.17, 15) is 14.0 Å². The van der Waals surface area contributed by atoms with Crippen molar-refractivity contribution in [3.05, 3.63) is 63.6 Å². The molecule has 1 atom stereocenters. The number of likely N-dealkylation sites (N-methyl/N-ethyl adjacent to an activating group) is 1. The highest BCUT2D eigenvalue weighted by Crippen LogP contribution is 2.15. The van der Waals surface area contributed by atoms with Crippen LogP contribution in [0.25, 0.3) is 0 Å². The summed E-state index contributed by atoms with van der Waals surface area (Å²) in [6, 6.07) is 7.23. The number of rotatable bonds is 7. The van der Waals surface area contributed by atoms with Gasteiger partial charge in [-0.25, -0.2) is 9.37 Å². The number of H-pyrrole nitrogens is 1. The maximum Gasteiger partial charge on any atom is 0.251 e. The van der Waals surface area contributed by atoms with Crippen molar-refractivity contribution in [2.24, 2.45) is 0 Å². The van der Waals surface area contributed by atoms with Gasteiger partial charge in [-0.2, -0.15) is 0 Å². The van der Waals surface area contributed by atoms with Crippen LogP contribution in [0.15, 0.2) is 35.1 Å². The van der Waals surface area contributed by atoms with E-state index >= 15 is 0 Å². The molecule has 0 fully saturated rings. The molecule has 0 unspecified atom stereocenters. The fraction of sp³-hybridized carbons (Fsp3) is 0.389. The predicted molar refractivity (Wildman–Crippen MR) is 93.5 cm³/mol. The van der Waals surface area contributed by atoms with E-state index in [0.29, 0.717) is 24.6 Å². The highest BCUT2D eigenvalue weighted by Gasteiger charge is 2.19. The molecule has 7 heteroatoms. The van der Waals surface area contributed by atoms with Crippen LogP contribution in [0.5, 0.6) is 0 Å². The molecule has 0 saturated heterocycles. The number of benzene rings is 1. The summed E-state index contributed by atoms with van der Waals surface area (Å²) in [6.07, 6.45) is 0. The number of amides is 1. The van der Waals surface area contributed by atoms with Crippen molar-refractivity contribution < 1.29 is 9.18 Å². The third-order valence-corrected chi connectivity index (χ3v) is 3.99. The van der Waals surface area contributed by atoms with Crippen molar-refractivity contribution in [2.45, 2.75) is 33.4 Å². The lowest BCUT2D eigenvalue weighted by molar-refractivity contribution is -0.122. The smallest absolute Gasteiger partial charge is 0.251 e. The Balaban J connectivity index is 1.96. The molecular weight excluding hydrogens is 323 g/mol. The zero-order chi connectivity index (χ0) is 18.4. The quantitative estimate of drug-likeness (QED) is 0.803. The second kappa shape index (κ2) is 8.53. The Labute approximate surface area is 146 Å². The fourth-order valence-corrected chi connectivity index (χ4v) is 2.54. The maximum atomic E-state index is 12.9. The average Bonchev–Trinajstić information content (AvgIpc) is 2.57. The summed E-state index contributed by atoms with van der Waals surface area (Å²) in [5, 5.41) is 2.82. The third kappa shape index (κ3) is 5.49. The fourth-order valence-electron chi connectivity index (χ4n) is 2.54. The van der Waals surface area contributed by atoms with Gasteiger partial charge in [0.2, 0.25) is 5.91 Å². The van der Waals surface area contributed by atoms with E-state index in [-0.39, 0.29) is 29.9 Å². The molecule has 0 spiro atoms. The highest BCUT2D eigenvalue weighted by molar-refractivity contribution is 5.78. The molecule has 25 heavy (non-hydrogen) atoms. The number of hydrogen-bond donors (Lipinski definition) is 2. The number of aromatic nitrogens is 2. The zero-order valence-corrected chi connectivity index (χ0v) is 14.7. The summed E-state index contributed by atoms with van der Waals surface area (Å²) >= 11 is 0. The van der Waals surface area contributed by atoms with Gasteiger partial charge in [0.1, 0.15) is 11.6 Å². The molecule has 1 amide bonds. The molecule has 0 radical (unpaired) electrons. The van der Waals surface area contributed by atoms with E-state index in [4.69, 9.17) is 0 Å². The van der Waals surface area contributed by atoms with Crippen molar-refractivity contribution in [1.82, 2.24) is 20.2 Å². The van der Waals surface area contributed by atoms with Crippen LogP contribution < -0.4 is 10.9 Å².